The van der Waals surface area contributed by atoms with Crippen LogP contribution in [0.4, 0.5) is 4.39 Å². The molecule has 1 heterocycles. The molecule has 18 heavy (non-hydrogen) atoms. The lowest BCUT2D eigenvalue weighted by Crippen LogP contribution is -2.31. The number of amides is 1. The van der Waals surface area contributed by atoms with E-state index in [1.54, 1.807) is 12.1 Å². The average molecular weight is 271 g/mol. The van der Waals surface area contributed by atoms with Gasteiger partial charge in [0.1, 0.15) is 5.82 Å². The number of nitrogens with zero attached hydrogens (tertiary/aromatic N) is 1. The van der Waals surface area contributed by atoms with E-state index in [1.807, 2.05) is 0 Å². The topological polar surface area (TPSA) is 60.8 Å². The number of rotatable bonds is 3. The summed E-state index contributed by atoms with van der Waals surface area (Å²) in [5.74, 6) is -0.234. The summed E-state index contributed by atoms with van der Waals surface area (Å²) >= 11 is 1.31. The summed E-state index contributed by atoms with van der Waals surface area (Å²) in [7, 11) is 0. The van der Waals surface area contributed by atoms with Crippen LogP contribution in [-0.4, -0.2) is 52.1 Å². The van der Waals surface area contributed by atoms with Gasteiger partial charge in [-0.1, -0.05) is 0 Å². The zero-order chi connectivity index (χ0) is 13.1. The molecule has 1 aromatic rings. The van der Waals surface area contributed by atoms with Crippen LogP contribution in [0.25, 0.3) is 0 Å². The number of aliphatic hydroxyl groups is 2. The Labute approximate surface area is 108 Å². The molecular formula is C12H14FNO3S. The first-order valence-corrected chi connectivity index (χ1v) is 6.57. The van der Waals surface area contributed by atoms with E-state index in [2.05, 4.69) is 0 Å². The smallest absolute Gasteiger partial charge is 0.233 e. The second kappa shape index (κ2) is 5.69. The quantitative estimate of drug-likeness (QED) is 0.785. The Morgan fingerprint density at radius 3 is 2.39 bits per heavy atom. The molecule has 2 atom stereocenters. The van der Waals surface area contributed by atoms with E-state index >= 15 is 0 Å². The minimum Gasteiger partial charge on any atom is -0.388 e. The van der Waals surface area contributed by atoms with E-state index in [0.29, 0.717) is 0 Å². The maximum Gasteiger partial charge on any atom is 0.233 e. The fraction of sp³-hybridized carbons (Fsp3) is 0.417. The van der Waals surface area contributed by atoms with Crippen LogP contribution < -0.4 is 0 Å². The second-order valence-corrected chi connectivity index (χ2v) is 5.22. The van der Waals surface area contributed by atoms with Crippen LogP contribution in [-0.2, 0) is 4.79 Å². The fourth-order valence-electron chi connectivity index (χ4n) is 1.74. The summed E-state index contributed by atoms with van der Waals surface area (Å²) in [6.45, 7) is 0.341. The van der Waals surface area contributed by atoms with Crippen molar-refractivity contribution in [3.05, 3.63) is 30.1 Å². The van der Waals surface area contributed by atoms with Crippen molar-refractivity contribution in [1.82, 2.24) is 4.90 Å². The Balaban J connectivity index is 1.83. The van der Waals surface area contributed by atoms with E-state index in [-0.39, 0.29) is 30.6 Å². The summed E-state index contributed by atoms with van der Waals surface area (Å²) in [4.78, 5) is 14.0. The molecule has 1 aliphatic rings. The number of hydrogen-bond acceptors (Lipinski definition) is 4. The molecule has 1 amide bonds. The van der Waals surface area contributed by atoms with Crippen LogP contribution in [0, 0.1) is 5.82 Å². The molecule has 98 valence electrons. The number of thioether (sulfide) groups is 1. The van der Waals surface area contributed by atoms with Gasteiger partial charge in [0, 0.05) is 18.0 Å². The van der Waals surface area contributed by atoms with E-state index in [0.717, 1.165) is 4.90 Å². The van der Waals surface area contributed by atoms with Crippen LogP contribution in [0.5, 0.6) is 0 Å². The van der Waals surface area contributed by atoms with Crippen LogP contribution in [0.2, 0.25) is 0 Å². The highest BCUT2D eigenvalue weighted by molar-refractivity contribution is 8.00. The number of aliphatic hydroxyl groups excluding tert-OH is 2. The SMILES string of the molecule is O=C(CSc1ccc(F)cc1)N1CC(O)C(O)C1. The van der Waals surface area contributed by atoms with Crippen molar-refractivity contribution < 1.29 is 19.4 Å². The van der Waals surface area contributed by atoms with Crippen LogP contribution in [0.1, 0.15) is 0 Å². The summed E-state index contributed by atoms with van der Waals surface area (Å²) in [6.07, 6.45) is -1.71. The molecule has 1 saturated heterocycles. The molecule has 0 saturated carbocycles. The van der Waals surface area contributed by atoms with Gasteiger partial charge >= 0.3 is 0 Å². The fourth-order valence-corrected chi connectivity index (χ4v) is 2.54. The predicted molar refractivity (Wildman–Crippen MR) is 65.7 cm³/mol. The largest absolute Gasteiger partial charge is 0.388 e. The molecule has 0 aliphatic carbocycles. The molecule has 0 radical (unpaired) electrons. The second-order valence-electron chi connectivity index (χ2n) is 4.18. The number of likely N-dealkylation sites (tertiary alicyclic amines) is 1. The van der Waals surface area contributed by atoms with Crippen molar-refractivity contribution in [2.24, 2.45) is 0 Å². The molecule has 1 fully saturated rings. The Kier molecular flexibility index (Phi) is 4.21. The van der Waals surface area contributed by atoms with Crippen molar-refractivity contribution in [1.29, 1.82) is 0 Å². The van der Waals surface area contributed by atoms with E-state index < -0.39 is 12.2 Å². The maximum atomic E-state index is 12.7. The number of carbonyl (C=O) groups is 1. The van der Waals surface area contributed by atoms with E-state index in [9.17, 15) is 19.4 Å². The Hall–Kier alpha value is -1.11. The summed E-state index contributed by atoms with van der Waals surface area (Å²) in [6, 6.07) is 5.91. The summed E-state index contributed by atoms with van der Waals surface area (Å²) in [5, 5.41) is 18.7. The van der Waals surface area contributed by atoms with Crippen molar-refractivity contribution in [3.8, 4) is 0 Å². The highest BCUT2D eigenvalue weighted by Crippen LogP contribution is 2.20. The molecule has 0 aromatic heterocycles. The summed E-state index contributed by atoms with van der Waals surface area (Å²) in [5.41, 5.74) is 0. The molecule has 2 rings (SSSR count). The van der Waals surface area contributed by atoms with Crippen molar-refractivity contribution in [2.75, 3.05) is 18.8 Å². The molecular weight excluding hydrogens is 257 g/mol. The molecule has 0 bridgehead atoms. The highest BCUT2D eigenvalue weighted by atomic mass is 32.2. The third kappa shape index (κ3) is 3.22. The minimum atomic E-state index is -0.857. The minimum absolute atomic E-state index is 0.139. The number of carbonyl (C=O) groups excluding carboxylic acids is 1. The van der Waals surface area contributed by atoms with E-state index in [1.165, 1.54) is 28.8 Å². The molecule has 6 heteroatoms. The number of benzene rings is 1. The standard InChI is InChI=1S/C12H14FNO3S/c13-8-1-3-9(4-2-8)18-7-12(17)14-5-10(15)11(16)6-14/h1-4,10-11,15-16H,5-7H2. The van der Waals surface area contributed by atoms with Crippen LogP contribution >= 0.6 is 11.8 Å². The first kappa shape index (κ1) is 13.3. The van der Waals surface area contributed by atoms with Crippen molar-refractivity contribution in [2.45, 2.75) is 17.1 Å². The maximum absolute atomic E-state index is 12.7. The van der Waals surface area contributed by atoms with E-state index in [4.69, 9.17) is 0 Å². The van der Waals surface area contributed by atoms with Gasteiger partial charge in [-0.15, -0.1) is 11.8 Å². The van der Waals surface area contributed by atoms with Gasteiger partial charge in [0.25, 0.3) is 0 Å². The number of hydrogen-bond donors (Lipinski definition) is 2. The van der Waals surface area contributed by atoms with Gasteiger partial charge in [0.2, 0.25) is 5.91 Å². The number of β-amino-alcohol motifs (C(OH)–C–C–N with tert-alkyl or cyclic N) is 2. The van der Waals surface area contributed by atoms with Gasteiger partial charge < -0.3 is 15.1 Å². The molecule has 1 aromatic carbocycles. The lowest BCUT2D eigenvalue weighted by atomic mass is 10.3. The van der Waals surface area contributed by atoms with Crippen LogP contribution in [0.3, 0.4) is 0 Å². The summed E-state index contributed by atoms with van der Waals surface area (Å²) < 4.78 is 12.7. The lowest BCUT2D eigenvalue weighted by Gasteiger charge is -2.14. The zero-order valence-electron chi connectivity index (χ0n) is 9.62. The first-order chi connectivity index (χ1) is 8.56. The third-order valence-electron chi connectivity index (χ3n) is 2.79. The average Bonchev–Trinajstić information content (AvgIpc) is 2.69. The lowest BCUT2D eigenvalue weighted by molar-refractivity contribution is -0.127. The predicted octanol–water partition coefficient (Wildman–Crippen LogP) is 0.482. The van der Waals surface area contributed by atoms with Gasteiger partial charge in [0.15, 0.2) is 0 Å². The van der Waals surface area contributed by atoms with Gasteiger partial charge in [-0.2, -0.15) is 0 Å². The molecule has 4 nitrogen and oxygen atoms in total. The van der Waals surface area contributed by atoms with Crippen molar-refractivity contribution >= 4 is 17.7 Å². The van der Waals surface area contributed by atoms with Gasteiger partial charge in [-0.25, -0.2) is 4.39 Å². The Morgan fingerprint density at radius 2 is 1.83 bits per heavy atom. The first-order valence-electron chi connectivity index (χ1n) is 5.58. The highest BCUT2D eigenvalue weighted by Gasteiger charge is 2.32. The Bertz CT molecular complexity index is 416. The normalized spacial score (nSPS) is 23.4. The Morgan fingerprint density at radius 1 is 1.28 bits per heavy atom. The zero-order valence-corrected chi connectivity index (χ0v) is 10.4. The third-order valence-corrected chi connectivity index (χ3v) is 3.78. The van der Waals surface area contributed by atoms with Gasteiger partial charge in [-0.05, 0) is 24.3 Å². The van der Waals surface area contributed by atoms with Crippen molar-refractivity contribution in [3.63, 3.8) is 0 Å². The van der Waals surface area contributed by atoms with Crippen LogP contribution in [0.15, 0.2) is 29.2 Å². The van der Waals surface area contributed by atoms with Gasteiger partial charge in [-0.3, -0.25) is 4.79 Å². The number of halogens is 1. The molecule has 0 spiro atoms. The van der Waals surface area contributed by atoms with Gasteiger partial charge in [0.05, 0.1) is 18.0 Å². The molecule has 2 unspecified atom stereocenters. The molecule has 2 N–H and O–H groups in total. The monoisotopic (exact) mass is 271 g/mol. The molecule has 1 aliphatic heterocycles.